The first kappa shape index (κ1) is 26.6. The van der Waals surface area contributed by atoms with Crippen LogP contribution < -0.4 is 15.4 Å². The molecule has 0 saturated heterocycles. The number of nitrogens with zero attached hydrogens (tertiary/aromatic N) is 1. The lowest BCUT2D eigenvalue weighted by molar-refractivity contribution is -0.139. The Morgan fingerprint density at radius 1 is 1.05 bits per heavy atom. The van der Waals surface area contributed by atoms with Gasteiger partial charge in [-0.05, 0) is 61.6 Å². The summed E-state index contributed by atoms with van der Waals surface area (Å²) in [5, 5.41) is 16.8. The zero-order valence-corrected chi connectivity index (χ0v) is 21.4. The van der Waals surface area contributed by atoms with Crippen molar-refractivity contribution in [3.8, 4) is 0 Å². The number of aromatic nitrogens is 1. The number of aryl methyl sites for hydroxylation is 2. The summed E-state index contributed by atoms with van der Waals surface area (Å²) in [4.78, 5) is 28.6. The van der Waals surface area contributed by atoms with Gasteiger partial charge in [-0.2, -0.15) is 4.72 Å². The number of hydrogen-bond acceptors (Lipinski definition) is 6. The number of hydrogen-bond donors (Lipinski definition) is 4. The van der Waals surface area contributed by atoms with E-state index in [9.17, 15) is 23.1 Å². The van der Waals surface area contributed by atoms with Crippen LogP contribution in [-0.4, -0.2) is 49.5 Å². The van der Waals surface area contributed by atoms with Crippen molar-refractivity contribution in [3.63, 3.8) is 0 Å². The van der Waals surface area contributed by atoms with Gasteiger partial charge in [0.15, 0.2) is 0 Å². The van der Waals surface area contributed by atoms with Crippen LogP contribution in [0.25, 0.3) is 10.8 Å². The van der Waals surface area contributed by atoms with E-state index in [0.29, 0.717) is 18.2 Å². The second kappa shape index (κ2) is 12.2. The van der Waals surface area contributed by atoms with E-state index >= 15 is 0 Å². The van der Waals surface area contributed by atoms with Crippen molar-refractivity contribution in [2.75, 3.05) is 18.4 Å². The number of rotatable bonds is 12. The van der Waals surface area contributed by atoms with Crippen molar-refractivity contribution < 1.29 is 23.1 Å². The minimum Gasteiger partial charge on any atom is -0.480 e. The van der Waals surface area contributed by atoms with Gasteiger partial charge in [0.1, 0.15) is 11.9 Å². The average molecular weight is 525 g/mol. The van der Waals surface area contributed by atoms with Crippen LogP contribution in [0.3, 0.4) is 0 Å². The molecule has 0 fully saturated rings. The van der Waals surface area contributed by atoms with Crippen molar-refractivity contribution in [2.24, 2.45) is 0 Å². The Hall–Kier alpha value is -3.50. The molecule has 0 spiro atoms. The molecule has 1 atom stereocenters. The molecule has 4 N–H and O–H groups in total. The summed E-state index contributed by atoms with van der Waals surface area (Å²) in [6.45, 7) is 0.989. The van der Waals surface area contributed by atoms with Crippen molar-refractivity contribution >= 4 is 38.5 Å². The molecular formula is C27H32N4O5S. The van der Waals surface area contributed by atoms with Crippen LogP contribution in [0.2, 0.25) is 0 Å². The number of fused-ring (bicyclic) bond motifs is 2. The summed E-state index contributed by atoms with van der Waals surface area (Å²) in [6, 6.07) is 14.6. The van der Waals surface area contributed by atoms with Crippen LogP contribution in [0.5, 0.6) is 0 Å². The fourth-order valence-corrected chi connectivity index (χ4v) is 5.91. The second-order valence-electron chi connectivity index (χ2n) is 9.18. The zero-order chi connectivity index (χ0) is 26.3. The van der Waals surface area contributed by atoms with Gasteiger partial charge >= 0.3 is 5.97 Å². The minimum atomic E-state index is -4.09. The van der Waals surface area contributed by atoms with Gasteiger partial charge in [-0.25, -0.2) is 13.4 Å². The number of carboxylic acid groups (broad SMARTS) is 1. The maximum Gasteiger partial charge on any atom is 0.321 e. The Balaban J connectivity index is 1.22. The van der Waals surface area contributed by atoms with E-state index in [1.165, 1.54) is 11.6 Å². The predicted octanol–water partition coefficient (Wildman–Crippen LogP) is 3.24. The molecule has 1 aromatic heterocycles. The third kappa shape index (κ3) is 7.05. The van der Waals surface area contributed by atoms with Crippen molar-refractivity contribution in [1.29, 1.82) is 0 Å². The third-order valence-electron chi connectivity index (χ3n) is 6.43. The van der Waals surface area contributed by atoms with Crippen LogP contribution >= 0.6 is 0 Å². The number of nitrogens with one attached hydrogen (secondary N) is 3. The van der Waals surface area contributed by atoms with Gasteiger partial charge in [0.2, 0.25) is 15.9 Å². The fraction of sp³-hybridized carbons (Fsp3) is 0.370. The highest BCUT2D eigenvalue weighted by atomic mass is 32.2. The Bertz CT molecular complexity index is 1370. The van der Waals surface area contributed by atoms with Crippen LogP contribution in [0, 0.1) is 0 Å². The molecule has 0 bridgehead atoms. The number of unbranched alkanes of at least 4 members (excludes halogenated alkanes) is 1. The highest BCUT2D eigenvalue weighted by molar-refractivity contribution is 7.89. The van der Waals surface area contributed by atoms with Crippen LogP contribution in [0.1, 0.15) is 43.4 Å². The van der Waals surface area contributed by atoms with E-state index in [4.69, 9.17) is 0 Å². The van der Waals surface area contributed by atoms with Crippen LogP contribution in [0.15, 0.2) is 59.5 Å². The van der Waals surface area contributed by atoms with Gasteiger partial charge < -0.3 is 15.7 Å². The average Bonchev–Trinajstić information content (AvgIpc) is 2.90. The highest BCUT2D eigenvalue weighted by Gasteiger charge is 2.26. The number of anilines is 1. The van der Waals surface area contributed by atoms with E-state index in [1.54, 1.807) is 36.4 Å². The second-order valence-corrected chi connectivity index (χ2v) is 10.9. The molecule has 1 aliphatic heterocycles. The lowest BCUT2D eigenvalue weighted by Gasteiger charge is -2.17. The number of benzene rings is 2. The summed E-state index contributed by atoms with van der Waals surface area (Å²) < 4.78 is 28.2. The van der Waals surface area contributed by atoms with Crippen molar-refractivity contribution in [2.45, 2.75) is 55.9 Å². The number of aliphatic carboxylic acids is 1. The fourth-order valence-electron chi connectivity index (χ4n) is 4.46. The molecule has 37 heavy (non-hydrogen) atoms. The monoisotopic (exact) mass is 524 g/mol. The smallest absolute Gasteiger partial charge is 0.321 e. The first-order valence-corrected chi connectivity index (χ1v) is 14.0. The lowest BCUT2D eigenvalue weighted by atomic mass is 10.1. The largest absolute Gasteiger partial charge is 0.480 e. The summed E-state index contributed by atoms with van der Waals surface area (Å²) in [5.41, 5.74) is 2.24. The summed E-state index contributed by atoms with van der Waals surface area (Å²) in [6.07, 6.45) is 4.66. The predicted molar refractivity (Wildman–Crippen MR) is 142 cm³/mol. The normalized spacial score (nSPS) is 13.9. The quantitative estimate of drug-likeness (QED) is 0.267. The van der Waals surface area contributed by atoms with E-state index in [-0.39, 0.29) is 23.8 Å². The Morgan fingerprint density at radius 3 is 2.70 bits per heavy atom. The van der Waals surface area contributed by atoms with Gasteiger partial charge in [0, 0.05) is 30.6 Å². The van der Waals surface area contributed by atoms with Crippen molar-refractivity contribution in [1.82, 2.24) is 15.0 Å². The Labute approximate surface area is 216 Å². The van der Waals surface area contributed by atoms with Gasteiger partial charge in [0.05, 0.1) is 4.90 Å². The van der Waals surface area contributed by atoms with Gasteiger partial charge in [0.25, 0.3) is 0 Å². The highest BCUT2D eigenvalue weighted by Crippen LogP contribution is 2.23. The maximum atomic E-state index is 13.0. The minimum absolute atomic E-state index is 0.0186. The number of sulfonamides is 1. The lowest BCUT2D eigenvalue weighted by Crippen LogP contribution is -2.43. The Kier molecular flexibility index (Phi) is 8.73. The first-order valence-electron chi connectivity index (χ1n) is 12.6. The molecule has 196 valence electrons. The standard InChI is InChI=1S/C27H32N4O5S/c32-25(13-4-2-10-21-15-14-20-9-6-17-29-26(20)30-21)28-18-16-23(27(33)34)31-37(35,36)24-12-5-8-19-7-1-3-11-22(19)24/h1,3,5,7-8,11-12,14-15,23,31H,2,4,6,9-10,13,16-18H2,(H,28,32)(H,29,30)(H,33,34). The molecule has 1 aliphatic rings. The molecule has 0 aliphatic carbocycles. The number of carbonyl (C=O) groups excluding carboxylic acids is 1. The number of pyridine rings is 1. The number of amides is 1. The third-order valence-corrected chi connectivity index (χ3v) is 7.96. The van der Waals surface area contributed by atoms with Gasteiger partial charge in [-0.3, -0.25) is 9.59 Å². The topological polar surface area (TPSA) is 137 Å². The van der Waals surface area contributed by atoms with Gasteiger partial charge in [-0.1, -0.05) is 42.5 Å². The van der Waals surface area contributed by atoms with Crippen LogP contribution in [0.4, 0.5) is 5.82 Å². The van der Waals surface area contributed by atoms with Crippen molar-refractivity contribution in [3.05, 3.63) is 65.9 Å². The molecule has 9 nitrogen and oxygen atoms in total. The molecule has 1 amide bonds. The molecule has 3 aromatic rings. The number of carbonyl (C=O) groups is 2. The summed E-state index contributed by atoms with van der Waals surface area (Å²) >= 11 is 0. The summed E-state index contributed by atoms with van der Waals surface area (Å²) in [5.74, 6) is -0.531. The van der Waals surface area contributed by atoms with E-state index < -0.39 is 22.0 Å². The molecular weight excluding hydrogens is 492 g/mol. The molecule has 0 radical (unpaired) electrons. The van der Waals surface area contributed by atoms with E-state index in [1.807, 2.05) is 6.07 Å². The molecule has 2 heterocycles. The summed E-state index contributed by atoms with van der Waals surface area (Å²) in [7, 11) is -4.09. The van der Waals surface area contributed by atoms with Crippen LogP contribution in [-0.2, 0) is 32.5 Å². The van der Waals surface area contributed by atoms with E-state index in [2.05, 4.69) is 26.4 Å². The molecule has 4 rings (SSSR count). The molecule has 0 saturated carbocycles. The van der Waals surface area contributed by atoms with Gasteiger partial charge in [-0.15, -0.1) is 0 Å². The number of carboxylic acids is 1. The molecule has 1 unspecified atom stereocenters. The Morgan fingerprint density at radius 2 is 1.86 bits per heavy atom. The molecule has 2 aromatic carbocycles. The zero-order valence-electron chi connectivity index (χ0n) is 20.6. The molecule has 10 heteroatoms. The maximum absolute atomic E-state index is 13.0. The van der Waals surface area contributed by atoms with E-state index in [0.717, 1.165) is 49.1 Å². The first-order chi connectivity index (χ1) is 17.8. The SMILES string of the molecule is O=C(CCCCc1ccc2c(n1)NCCC2)NCCC(NS(=O)(=O)c1cccc2ccccc12)C(=O)O.